The molecule has 0 aromatic heterocycles. The number of ether oxygens (including phenoxy) is 1. The summed E-state index contributed by atoms with van der Waals surface area (Å²) in [6, 6.07) is 16.5. The van der Waals surface area contributed by atoms with E-state index < -0.39 is 0 Å². The number of nitrogens with zero attached hydrogens (tertiary/aromatic N) is 1. The van der Waals surface area contributed by atoms with Gasteiger partial charge in [-0.05, 0) is 43.9 Å². The monoisotopic (exact) mass is 332 g/mol. The second-order valence-electron chi connectivity index (χ2n) is 5.37. The molecule has 23 heavy (non-hydrogen) atoms. The summed E-state index contributed by atoms with van der Waals surface area (Å²) in [6.45, 7) is 0.848. The molecule has 1 atom stereocenters. The summed E-state index contributed by atoms with van der Waals surface area (Å²) in [5.74, 6) is 0.691. The minimum Gasteiger partial charge on any atom is -0.492 e. The van der Waals surface area contributed by atoms with Crippen molar-refractivity contribution in [3.05, 3.63) is 65.2 Å². The number of carbonyl (C=O) groups excluding carboxylic acids is 1. The lowest BCUT2D eigenvalue weighted by Gasteiger charge is -2.23. The van der Waals surface area contributed by atoms with Crippen molar-refractivity contribution in [1.82, 2.24) is 10.2 Å². The highest BCUT2D eigenvalue weighted by atomic mass is 35.5. The third-order valence-corrected chi connectivity index (χ3v) is 3.62. The molecular formula is C18H21ClN2O2. The maximum atomic E-state index is 12.4. The number of nitrogens with one attached hydrogen (secondary N) is 1. The molecule has 2 aromatic rings. The molecule has 0 aliphatic carbocycles. The SMILES string of the molecule is CN(C)C(C(=O)NCCOc1ccc(Cl)cc1)c1ccccc1. The van der Waals surface area contributed by atoms with Crippen LogP contribution in [0.15, 0.2) is 54.6 Å². The van der Waals surface area contributed by atoms with Gasteiger partial charge in [-0.15, -0.1) is 0 Å². The first-order valence-electron chi connectivity index (χ1n) is 7.45. The molecule has 1 unspecified atom stereocenters. The summed E-state index contributed by atoms with van der Waals surface area (Å²) in [5, 5.41) is 3.58. The molecule has 0 heterocycles. The first-order chi connectivity index (χ1) is 11.1. The van der Waals surface area contributed by atoms with Gasteiger partial charge in [0.05, 0.1) is 6.54 Å². The Kier molecular flexibility index (Phi) is 6.44. The zero-order valence-electron chi connectivity index (χ0n) is 13.3. The third kappa shape index (κ3) is 5.27. The minimum absolute atomic E-state index is 0.0408. The van der Waals surface area contributed by atoms with Gasteiger partial charge in [0.25, 0.3) is 0 Å². The fourth-order valence-corrected chi connectivity index (χ4v) is 2.42. The van der Waals surface area contributed by atoms with Gasteiger partial charge in [0, 0.05) is 5.02 Å². The normalized spacial score (nSPS) is 12.0. The Morgan fingerprint density at radius 2 is 1.78 bits per heavy atom. The van der Waals surface area contributed by atoms with Crippen LogP contribution in [0.2, 0.25) is 5.02 Å². The Bertz CT molecular complexity index is 615. The van der Waals surface area contributed by atoms with E-state index in [1.54, 1.807) is 24.3 Å². The molecule has 0 spiro atoms. The van der Waals surface area contributed by atoms with E-state index >= 15 is 0 Å². The molecule has 0 saturated carbocycles. The second-order valence-corrected chi connectivity index (χ2v) is 5.81. The van der Waals surface area contributed by atoms with Gasteiger partial charge in [0.15, 0.2) is 0 Å². The topological polar surface area (TPSA) is 41.6 Å². The van der Waals surface area contributed by atoms with Crippen LogP contribution in [0.4, 0.5) is 0 Å². The van der Waals surface area contributed by atoms with Gasteiger partial charge < -0.3 is 10.1 Å². The van der Waals surface area contributed by atoms with Crippen molar-refractivity contribution >= 4 is 17.5 Å². The Balaban J connectivity index is 1.84. The third-order valence-electron chi connectivity index (χ3n) is 3.36. The molecule has 1 N–H and O–H groups in total. The molecule has 1 amide bonds. The van der Waals surface area contributed by atoms with Crippen molar-refractivity contribution in [3.8, 4) is 5.75 Å². The van der Waals surface area contributed by atoms with Crippen molar-refractivity contribution in [2.45, 2.75) is 6.04 Å². The van der Waals surface area contributed by atoms with Gasteiger partial charge in [-0.3, -0.25) is 9.69 Å². The largest absolute Gasteiger partial charge is 0.492 e. The Morgan fingerprint density at radius 1 is 1.13 bits per heavy atom. The van der Waals surface area contributed by atoms with E-state index in [4.69, 9.17) is 16.3 Å². The molecule has 4 nitrogen and oxygen atoms in total. The maximum Gasteiger partial charge on any atom is 0.242 e. The van der Waals surface area contributed by atoms with E-state index in [0.717, 1.165) is 11.3 Å². The first kappa shape index (κ1) is 17.3. The highest BCUT2D eigenvalue weighted by Crippen LogP contribution is 2.18. The number of hydrogen-bond donors (Lipinski definition) is 1. The van der Waals surface area contributed by atoms with Crippen LogP contribution < -0.4 is 10.1 Å². The lowest BCUT2D eigenvalue weighted by atomic mass is 10.1. The zero-order valence-corrected chi connectivity index (χ0v) is 14.1. The molecule has 0 fully saturated rings. The van der Waals surface area contributed by atoms with E-state index in [1.165, 1.54) is 0 Å². The lowest BCUT2D eigenvalue weighted by molar-refractivity contribution is -0.125. The number of halogens is 1. The zero-order chi connectivity index (χ0) is 16.7. The average Bonchev–Trinajstić information content (AvgIpc) is 2.54. The van der Waals surface area contributed by atoms with Crippen LogP contribution in [-0.2, 0) is 4.79 Å². The average molecular weight is 333 g/mol. The van der Waals surface area contributed by atoms with Crippen molar-refractivity contribution in [3.63, 3.8) is 0 Å². The van der Waals surface area contributed by atoms with Crippen LogP contribution in [-0.4, -0.2) is 38.1 Å². The van der Waals surface area contributed by atoms with Gasteiger partial charge in [-0.25, -0.2) is 0 Å². The predicted octanol–water partition coefficient (Wildman–Crippen LogP) is 3.14. The lowest BCUT2D eigenvalue weighted by Crippen LogP contribution is -2.38. The molecule has 0 bridgehead atoms. The van der Waals surface area contributed by atoms with E-state index in [9.17, 15) is 4.79 Å². The van der Waals surface area contributed by atoms with Crippen LogP contribution in [0.3, 0.4) is 0 Å². The smallest absolute Gasteiger partial charge is 0.242 e. The highest BCUT2D eigenvalue weighted by molar-refractivity contribution is 6.30. The summed E-state index contributed by atoms with van der Waals surface area (Å²) in [6.07, 6.45) is 0. The second kappa shape index (κ2) is 8.56. The van der Waals surface area contributed by atoms with Crippen molar-refractivity contribution < 1.29 is 9.53 Å². The summed E-state index contributed by atoms with van der Waals surface area (Å²) in [5.41, 5.74) is 0.966. The fourth-order valence-electron chi connectivity index (χ4n) is 2.29. The van der Waals surface area contributed by atoms with Gasteiger partial charge in [0.2, 0.25) is 5.91 Å². The standard InChI is InChI=1S/C18H21ClN2O2/c1-21(2)17(14-6-4-3-5-7-14)18(22)20-12-13-23-16-10-8-15(19)9-11-16/h3-11,17H,12-13H2,1-2H3,(H,20,22). The number of amides is 1. The molecule has 0 radical (unpaired) electrons. The summed E-state index contributed by atoms with van der Waals surface area (Å²) >= 11 is 5.82. The number of carbonyl (C=O) groups is 1. The molecule has 0 aliphatic heterocycles. The van der Waals surface area contributed by atoms with E-state index in [0.29, 0.717) is 18.2 Å². The minimum atomic E-state index is -0.313. The summed E-state index contributed by atoms with van der Waals surface area (Å²) < 4.78 is 5.57. The quantitative estimate of drug-likeness (QED) is 0.792. The molecule has 0 aliphatic rings. The van der Waals surface area contributed by atoms with Gasteiger partial charge in [-0.2, -0.15) is 0 Å². The predicted molar refractivity (Wildman–Crippen MR) is 92.8 cm³/mol. The maximum absolute atomic E-state index is 12.4. The Morgan fingerprint density at radius 3 is 2.39 bits per heavy atom. The van der Waals surface area contributed by atoms with Crippen molar-refractivity contribution in [2.75, 3.05) is 27.2 Å². The number of rotatable bonds is 7. The number of likely N-dealkylation sites (N-methyl/N-ethyl adjacent to an activating group) is 1. The first-order valence-corrected chi connectivity index (χ1v) is 7.83. The van der Waals surface area contributed by atoms with Crippen LogP contribution in [0.1, 0.15) is 11.6 Å². The number of benzene rings is 2. The molecule has 0 saturated heterocycles. The van der Waals surface area contributed by atoms with E-state index in [-0.39, 0.29) is 11.9 Å². The van der Waals surface area contributed by atoms with E-state index in [2.05, 4.69) is 5.32 Å². The molecular weight excluding hydrogens is 312 g/mol. The Hall–Kier alpha value is -2.04. The van der Waals surface area contributed by atoms with Gasteiger partial charge in [-0.1, -0.05) is 41.9 Å². The Labute approximate surface area is 142 Å². The fraction of sp³-hybridized carbons (Fsp3) is 0.278. The molecule has 122 valence electrons. The molecule has 2 rings (SSSR count). The highest BCUT2D eigenvalue weighted by Gasteiger charge is 2.22. The van der Waals surface area contributed by atoms with Crippen LogP contribution >= 0.6 is 11.6 Å². The molecule has 2 aromatic carbocycles. The van der Waals surface area contributed by atoms with Crippen molar-refractivity contribution in [1.29, 1.82) is 0 Å². The van der Waals surface area contributed by atoms with Crippen LogP contribution in [0.25, 0.3) is 0 Å². The van der Waals surface area contributed by atoms with Crippen LogP contribution in [0, 0.1) is 0 Å². The summed E-state index contributed by atoms with van der Waals surface area (Å²) in [4.78, 5) is 14.3. The van der Waals surface area contributed by atoms with Gasteiger partial charge >= 0.3 is 0 Å². The number of hydrogen-bond acceptors (Lipinski definition) is 3. The van der Waals surface area contributed by atoms with E-state index in [1.807, 2.05) is 49.3 Å². The van der Waals surface area contributed by atoms with Crippen LogP contribution in [0.5, 0.6) is 5.75 Å². The van der Waals surface area contributed by atoms with Crippen molar-refractivity contribution in [2.24, 2.45) is 0 Å². The van der Waals surface area contributed by atoms with Gasteiger partial charge in [0.1, 0.15) is 18.4 Å². The molecule has 5 heteroatoms. The summed E-state index contributed by atoms with van der Waals surface area (Å²) in [7, 11) is 3.78.